The van der Waals surface area contributed by atoms with E-state index < -0.39 is 68.9 Å². The van der Waals surface area contributed by atoms with Crippen LogP contribution in [-0.2, 0) is 39.5 Å². The van der Waals surface area contributed by atoms with E-state index in [0.29, 0.717) is 70.8 Å². The van der Waals surface area contributed by atoms with Gasteiger partial charge in [-0.15, -0.1) is 22.6 Å². The number of ether oxygens (including phenoxy) is 2. The van der Waals surface area contributed by atoms with Crippen LogP contribution in [0.1, 0.15) is 182 Å². The van der Waals surface area contributed by atoms with Gasteiger partial charge in [-0.25, -0.2) is 29.8 Å². The number of aliphatic carboxylic acids is 1. The van der Waals surface area contributed by atoms with Gasteiger partial charge in [0.2, 0.25) is 23.6 Å². The third kappa shape index (κ3) is 11.8. The van der Waals surface area contributed by atoms with E-state index in [0.717, 1.165) is 98.6 Å². The van der Waals surface area contributed by atoms with Gasteiger partial charge in [-0.1, -0.05) is 86.2 Å². The number of carboxylic acid groups (broad SMARTS) is 1. The minimum atomic E-state index is -1.00. The van der Waals surface area contributed by atoms with Gasteiger partial charge in [-0.05, 0) is 188 Å². The Labute approximate surface area is 546 Å². The number of H-pyrrole nitrogens is 2. The van der Waals surface area contributed by atoms with Crippen LogP contribution in [0.2, 0.25) is 20.4 Å². The molecule has 4 aromatic heterocycles. The number of amides is 2. The van der Waals surface area contributed by atoms with Crippen molar-refractivity contribution in [3.63, 3.8) is 0 Å². The number of anilines is 2. The summed E-state index contributed by atoms with van der Waals surface area (Å²) in [4.78, 5) is 86.2. The molecule has 10 atom stereocenters. The number of rotatable bonds is 8. The van der Waals surface area contributed by atoms with E-state index in [9.17, 15) is 33.9 Å². The van der Waals surface area contributed by atoms with Crippen LogP contribution in [0.5, 0.6) is 0 Å². The Bertz CT molecular complexity index is 3810. The van der Waals surface area contributed by atoms with Gasteiger partial charge in [0, 0.05) is 64.0 Å². The molecule has 8 heterocycles. The molecule has 480 valence electrons. The smallest absolute Gasteiger partial charge is 0.434 e. The minimum absolute atomic E-state index is 0. The van der Waals surface area contributed by atoms with Crippen molar-refractivity contribution < 1.29 is 42.6 Å². The topological polar surface area (TPSA) is 301 Å². The largest absolute Gasteiger partial charge is 0.481 e. The highest BCUT2D eigenvalue weighted by molar-refractivity contribution is 6.32. The molecule has 20 nitrogen and oxygen atoms in total. The number of hydrogen-bond donors (Lipinski definition) is 6. The van der Waals surface area contributed by atoms with Crippen molar-refractivity contribution in [2.75, 3.05) is 23.8 Å². The highest BCUT2D eigenvalue weighted by atomic mass is 35.5. The predicted molar refractivity (Wildman–Crippen MR) is 339 cm³/mol. The number of carboxylic acids is 1. The molecular formula is C65H74Cl5N9O11. The molecule has 4 aliphatic carbocycles. The summed E-state index contributed by atoms with van der Waals surface area (Å²) in [6.45, 7) is 9.92. The summed E-state index contributed by atoms with van der Waals surface area (Å²) in [5, 5.41) is 30.4. The second-order valence-corrected chi connectivity index (χ2v) is 29.2. The molecule has 1 unspecified atom stereocenters. The van der Waals surface area contributed by atoms with Crippen molar-refractivity contribution in [1.82, 2.24) is 30.4 Å². The quantitative estimate of drug-likeness (QED) is 0.0772. The van der Waals surface area contributed by atoms with E-state index in [1.165, 1.54) is 0 Å². The van der Waals surface area contributed by atoms with Crippen molar-refractivity contribution in [1.29, 1.82) is 0 Å². The van der Waals surface area contributed by atoms with E-state index in [1.807, 2.05) is 36.4 Å². The molecule has 14 rings (SSSR count). The number of benzene rings is 2. The first-order valence-electron chi connectivity index (χ1n) is 30.7. The number of carbonyl (C=O) groups is 4. The fraction of sp³-hybridized carbons (Fsp3) is 0.538. The summed E-state index contributed by atoms with van der Waals surface area (Å²) in [5.74, 6) is -3.61. The lowest BCUT2D eigenvalue weighted by Gasteiger charge is -2.51. The minimum Gasteiger partial charge on any atom is -0.481 e. The lowest BCUT2D eigenvalue weighted by Crippen LogP contribution is -2.52. The average Bonchev–Trinajstić information content (AvgIpc) is 1.51. The number of nitrogens with two attached hydrogens (primary N) is 1. The molecule has 2 saturated heterocycles. The van der Waals surface area contributed by atoms with E-state index in [-0.39, 0.29) is 64.8 Å². The van der Waals surface area contributed by atoms with Crippen LogP contribution in [0.4, 0.5) is 11.4 Å². The molecule has 4 saturated carbocycles. The summed E-state index contributed by atoms with van der Waals surface area (Å²) in [5.41, 5.74) is 7.91. The van der Waals surface area contributed by atoms with Gasteiger partial charge < -0.3 is 39.8 Å². The van der Waals surface area contributed by atoms with Crippen LogP contribution in [-0.4, -0.2) is 78.3 Å². The second kappa shape index (κ2) is 25.2. The molecule has 4 aliphatic heterocycles. The first kappa shape index (κ1) is 65.5. The van der Waals surface area contributed by atoms with E-state index >= 15 is 0 Å². The Hall–Kier alpha value is -5.97. The number of Topliss-reactive ketones (excluding diaryl/α,β-unsaturated/α-hetero) is 1. The maximum Gasteiger partial charge on any atom is 0.434 e. The predicted octanol–water partition coefficient (Wildman–Crippen LogP) is 12.8. The van der Waals surface area contributed by atoms with Crippen molar-refractivity contribution in [2.24, 2.45) is 45.1 Å². The van der Waals surface area contributed by atoms with Crippen LogP contribution in [0, 0.1) is 39.4 Å². The highest BCUT2D eigenvalue weighted by Gasteiger charge is 2.74. The normalized spacial score (nSPS) is 29.7. The Kier molecular flexibility index (Phi) is 18.3. The SMILES string of the molecule is CC1(C)CCC2(CC1)C[C@@H](C(=O)C[C@@H]1CC[C@@H](c3n[nH]c(=O)o3)OC1)[C@H](c1ccnc(Cl)c1)[C@]21C(=O)Nc2cc(Cl)ccc21.CC1(C)CCC2(CC1)C[C@@H](C(=O)O)[C@H](c1ccnc(Cl)c1)C21C(=O)Nc2cc(Cl)ccc21.Cl.N[C@@H]1CC[C@@H](c2n[nH]c(=O)o2)OC1. The third-order valence-electron chi connectivity index (χ3n) is 21.4. The van der Waals surface area contributed by atoms with Crippen LogP contribution in [0.15, 0.2) is 91.5 Å². The number of nitrogens with zero attached hydrogens (tertiary/aromatic N) is 4. The van der Waals surface area contributed by atoms with E-state index in [4.69, 9.17) is 70.4 Å². The van der Waals surface area contributed by atoms with Gasteiger partial charge >= 0.3 is 17.5 Å². The van der Waals surface area contributed by atoms with Crippen molar-refractivity contribution >= 4 is 93.8 Å². The number of ketones is 1. The zero-order chi connectivity index (χ0) is 63.0. The van der Waals surface area contributed by atoms with Gasteiger partial charge in [0.15, 0.2) is 0 Å². The maximum atomic E-state index is 14.6. The summed E-state index contributed by atoms with van der Waals surface area (Å²) >= 11 is 25.4. The number of aromatic nitrogens is 6. The number of aromatic amines is 2. The van der Waals surface area contributed by atoms with E-state index in [1.54, 1.807) is 36.7 Å². The van der Waals surface area contributed by atoms with Crippen LogP contribution in [0.3, 0.4) is 0 Å². The molecule has 6 fully saturated rings. The summed E-state index contributed by atoms with van der Waals surface area (Å²) in [6, 6.07) is 18.5. The van der Waals surface area contributed by atoms with Crippen LogP contribution >= 0.6 is 58.8 Å². The molecule has 7 N–H and O–H groups in total. The van der Waals surface area contributed by atoms with Crippen LogP contribution < -0.4 is 27.9 Å². The molecule has 0 radical (unpaired) electrons. The lowest BCUT2D eigenvalue weighted by molar-refractivity contribution is -0.142. The first-order chi connectivity index (χ1) is 42.4. The first-order valence-corrected chi connectivity index (χ1v) is 32.2. The zero-order valence-electron chi connectivity index (χ0n) is 50.4. The number of fused-ring (bicyclic) bond motifs is 6. The Morgan fingerprint density at radius 3 is 1.44 bits per heavy atom. The van der Waals surface area contributed by atoms with Gasteiger partial charge in [0.05, 0.1) is 30.0 Å². The van der Waals surface area contributed by atoms with Gasteiger partial charge in [-0.2, -0.15) is 0 Å². The van der Waals surface area contributed by atoms with Gasteiger partial charge in [0.1, 0.15) is 28.3 Å². The fourth-order valence-electron chi connectivity index (χ4n) is 17.0. The monoisotopic (exact) mass is 1330 g/mol. The Balaban J connectivity index is 0.000000157. The molecule has 6 aromatic rings. The molecule has 90 heavy (non-hydrogen) atoms. The standard InChI is InChI=1S/C33H36Cl2N4O5.C25H26Cl2N2O3.C7H11N3O3.ClH/c1-31(2)8-10-32(11-9-31)16-21(24(40)13-18-3-6-25(43-17-18)28-38-39-30(42)44-28)27(19-7-12-36-26(35)14-19)33(32)22-5-4-20(34)15-23(22)37-29(33)41;1-23(2)6-8-24(9-7-23)13-16(21(30)31)20(14-5-10-28-19(27)11-14)25(24)17-4-3-15(26)12-18(17)29-22(25)32;8-4-1-2-5(12-3-4)6-9-10-7(11)13-6;/h4-5,7,12,14-15,18,21,25,27H,3,6,8-11,13,16-17H2,1-2H3,(H,37,41)(H,39,42);3-5,10-12,16,20H,6-9,13H2,1-2H3,(H,29,32)(H,30,31);4-5H,1-3,8H2,(H,10,11);1H/t18-,21-,25-,27-,33+;16-,20+,25?;4-,5+;/m011./s1. The highest BCUT2D eigenvalue weighted by Crippen LogP contribution is 2.74. The van der Waals surface area contributed by atoms with Crippen LogP contribution in [0.25, 0.3) is 0 Å². The molecule has 8 aliphatic rings. The van der Waals surface area contributed by atoms with E-state index in [2.05, 4.69) is 68.7 Å². The second-order valence-electron chi connectivity index (χ2n) is 27.5. The molecule has 25 heteroatoms. The number of pyridine rings is 2. The molecule has 4 spiro atoms. The Morgan fingerprint density at radius 2 is 1.04 bits per heavy atom. The number of halogens is 5. The summed E-state index contributed by atoms with van der Waals surface area (Å²) in [6.07, 6.45) is 14.1. The van der Waals surface area contributed by atoms with Crippen molar-refractivity contribution in [2.45, 2.75) is 165 Å². The molecule has 0 bridgehead atoms. The van der Waals surface area contributed by atoms with Gasteiger partial charge in [-0.3, -0.25) is 19.2 Å². The summed E-state index contributed by atoms with van der Waals surface area (Å²) in [7, 11) is 0. The lowest BCUT2D eigenvalue weighted by atomic mass is 9.51. The van der Waals surface area contributed by atoms with Crippen molar-refractivity contribution in [3.8, 4) is 0 Å². The fourth-order valence-corrected chi connectivity index (χ4v) is 17.7. The maximum absolute atomic E-state index is 14.6. The average molecular weight is 1330 g/mol. The number of hydrogen-bond acceptors (Lipinski definition) is 15. The number of carbonyl (C=O) groups excluding carboxylic acids is 3. The van der Waals surface area contributed by atoms with Crippen molar-refractivity contribution in [3.05, 3.63) is 149 Å². The molecular weight excluding hydrogens is 1260 g/mol. The molecule has 2 aromatic carbocycles. The molecule has 2 amide bonds. The Morgan fingerprint density at radius 1 is 0.600 bits per heavy atom. The summed E-state index contributed by atoms with van der Waals surface area (Å²) < 4.78 is 21.2. The third-order valence-corrected chi connectivity index (χ3v) is 22.2. The zero-order valence-corrected chi connectivity index (χ0v) is 54.2. The number of nitrogens with one attached hydrogen (secondary N) is 4. The van der Waals surface area contributed by atoms with Gasteiger partial charge in [0.25, 0.3) is 0 Å².